The van der Waals surface area contributed by atoms with Gasteiger partial charge in [-0.15, -0.1) is 0 Å². The molecular formula is C42H24Cl2N4. The van der Waals surface area contributed by atoms with Crippen molar-refractivity contribution in [2.45, 2.75) is 0 Å². The van der Waals surface area contributed by atoms with Crippen LogP contribution in [0.15, 0.2) is 146 Å². The fourth-order valence-electron chi connectivity index (χ4n) is 7.38. The monoisotopic (exact) mass is 654 g/mol. The van der Waals surface area contributed by atoms with Gasteiger partial charge in [-0.05, 0) is 53.9 Å². The average molecular weight is 656 g/mol. The molecule has 0 bridgehead atoms. The van der Waals surface area contributed by atoms with Crippen molar-refractivity contribution in [1.29, 1.82) is 0 Å². The zero-order valence-electron chi connectivity index (χ0n) is 25.4. The fraction of sp³-hybridized carbons (Fsp3) is 0. The van der Waals surface area contributed by atoms with Crippen LogP contribution < -0.4 is 0 Å². The highest BCUT2D eigenvalue weighted by atomic mass is 35.5. The van der Waals surface area contributed by atoms with Gasteiger partial charge in [-0.2, -0.15) is 0 Å². The van der Waals surface area contributed by atoms with E-state index in [0.717, 1.165) is 55.3 Å². The van der Waals surface area contributed by atoms with E-state index in [4.69, 9.17) is 33.2 Å². The molecule has 4 nitrogen and oxygen atoms in total. The number of para-hydroxylation sites is 2. The van der Waals surface area contributed by atoms with Crippen LogP contribution in [0.25, 0.3) is 88.4 Å². The van der Waals surface area contributed by atoms with Crippen molar-refractivity contribution in [2.24, 2.45) is 0 Å². The van der Waals surface area contributed by atoms with Crippen LogP contribution in [0.3, 0.4) is 0 Å². The highest BCUT2D eigenvalue weighted by molar-refractivity contribution is 6.31. The molecule has 0 amide bonds. The molecule has 226 valence electrons. The van der Waals surface area contributed by atoms with Crippen molar-refractivity contribution >= 4 is 83.1 Å². The molecule has 10 rings (SSSR count). The van der Waals surface area contributed by atoms with Crippen molar-refractivity contribution in [3.63, 3.8) is 0 Å². The maximum Gasteiger partial charge on any atom is 0.162 e. The average Bonchev–Trinajstić information content (AvgIpc) is 3.69. The summed E-state index contributed by atoms with van der Waals surface area (Å²) in [6.07, 6.45) is 0. The van der Waals surface area contributed by atoms with Gasteiger partial charge in [0.25, 0.3) is 0 Å². The van der Waals surface area contributed by atoms with Gasteiger partial charge in [-0.3, -0.25) is 4.57 Å². The highest BCUT2D eigenvalue weighted by Gasteiger charge is 2.21. The van der Waals surface area contributed by atoms with E-state index in [1.807, 2.05) is 48.5 Å². The van der Waals surface area contributed by atoms with Gasteiger partial charge in [-0.25, -0.2) is 9.97 Å². The Kier molecular flexibility index (Phi) is 5.95. The number of benzene rings is 6. The molecule has 0 unspecified atom stereocenters. The van der Waals surface area contributed by atoms with Crippen LogP contribution >= 0.6 is 23.2 Å². The summed E-state index contributed by atoms with van der Waals surface area (Å²) in [7, 11) is 0. The molecule has 0 atom stereocenters. The van der Waals surface area contributed by atoms with E-state index in [1.165, 1.54) is 27.2 Å². The maximum absolute atomic E-state index is 6.49. The van der Waals surface area contributed by atoms with Crippen molar-refractivity contribution < 1.29 is 0 Å². The molecule has 0 spiro atoms. The predicted octanol–water partition coefficient (Wildman–Crippen LogP) is 11.9. The molecule has 48 heavy (non-hydrogen) atoms. The third-order valence-corrected chi connectivity index (χ3v) is 9.87. The third kappa shape index (κ3) is 4.03. The SMILES string of the molecule is Clc1cccc(-c2cc(-n3c4ccccc4c4ccc5c(cc6c7ccccc7c7ccccc7n65)c43)nc(-c3cccc(Cl)c3)n2)c1. The minimum Gasteiger partial charge on any atom is -0.309 e. The molecule has 0 saturated heterocycles. The van der Waals surface area contributed by atoms with E-state index in [-0.39, 0.29) is 0 Å². The minimum atomic E-state index is 0.585. The molecule has 4 aromatic heterocycles. The third-order valence-electron chi connectivity index (χ3n) is 9.40. The number of aromatic nitrogens is 4. The molecule has 4 heterocycles. The van der Waals surface area contributed by atoms with Crippen LogP contribution in [-0.2, 0) is 0 Å². The first-order valence-electron chi connectivity index (χ1n) is 15.8. The number of hydrogen-bond donors (Lipinski definition) is 0. The van der Waals surface area contributed by atoms with Gasteiger partial charge in [0.1, 0.15) is 5.82 Å². The standard InChI is InChI=1S/C42H24Cl2N4/c43-27-11-7-9-25(21-27)35-24-40(46-42(45-35)26-10-8-12-28(44)22-26)48-37-18-6-4-16-32(37)33-19-20-38-34(41(33)48)23-39-31-15-2-1-13-29(31)30-14-3-5-17-36(30)47(38)39/h1-24H. The van der Waals surface area contributed by atoms with Gasteiger partial charge in [0.2, 0.25) is 0 Å². The van der Waals surface area contributed by atoms with E-state index in [9.17, 15) is 0 Å². The smallest absolute Gasteiger partial charge is 0.162 e. The van der Waals surface area contributed by atoms with E-state index in [0.29, 0.717) is 15.9 Å². The van der Waals surface area contributed by atoms with Gasteiger partial charge in [-0.1, -0.05) is 114 Å². The quantitative estimate of drug-likeness (QED) is 0.178. The Morgan fingerprint density at radius 1 is 0.417 bits per heavy atom. The second kappa shape index (κ2) is 10.4. The summed E-state index contributed by atoms with van der Waals surface area (Å²) in [6, 6.07) is 50.3. The molecule has 0 radical (unpaired) electrons. The van der Waals surface area contributed by atoms with Crippen LogP contribution in [0.4, 0.5) is 0 Å². The number of hydrogen-bond acceptors (Lipinski definition) is 2. The van der Waals surface area contributed by atoms with Gasteiger partial charge in [0.05, 0.1) is 33.3 Å². The second-order valence-electron chi connectivity index (χ2n) is 12.1. The first-order valence-corrected chi connectivity index (χ1v) is 16.6. The van der Waals surface area contributed by atoms with Crippen LogP contribution in [0, 0.1) is 0 Å². The van der Waals surface area contributed by atoms with Gasteiger partial charge in [0, 0.05) is 54.2 Å². The van der Waals surface area contributed by atoms with E-state index in [2.05, 4.69) is 106 Å². The molecule has 0 N–H and O–H groups in total. The largest absolute Gasteiger partial charge is 0.309 e. The minimum absolute atomic E-state index is 0.585. The number of fused-ring (bicyclic) bond motifs is 12. The molecular weight excluding hydrogens is 631 g/mol. The Labute approximate surface area is 285 Å². The van der Waals surface area contributed by atoms with Gasteiger partial charge >= 0.3 is 0 Å². The molecule has 0 fully saturated rings. The summed E-state index contributed by atoms with van der Waals surface area (Å²) in [6.45, 7) is 0. The lowest BCUT2D eigenvalue weighted by atomic mass is 10.1. The Balaban J connectivity index is 1.38. The first kappa shape index (κ1) is 27.4. The topological polar surface area (TPSA) is 35.1 Å². The summed E-state index contributed by atoms with van der Waals surface area (Å²) in [4.78, 5) is 10.3. The van der Waals surface area contributed by atoms with Crippen molar-refractivity contribution in [3.8, 4) is 28.5 Å². The second-order valence-corrected chi connectivity index (χ2v) is 13.0. The lowest BCUT2D eigenvalue weighted by molar-refractivity contribution is 1.05. The normalized spacial score (nSPS) is 12.0. The number of nitrogens with zero attached hydrogens (tertiary/aromatic N) is 4. The molecule has 0 aliphatic rings. The summed E-state index contributed by atoms with van der Waals surface area (Å²) in [5.41, 5.74) is 8.18. The number of halogens is 2. The van der Waals surface area contributed by atoms with Crippen molar-refractivity contribution in [1.82, 2.24) is 18.9 Å². The highest BCUT2D eigenvalue weighted by Crippen LogP contribution is 2.41. The molecule has 6 aromatic carbocycles. The zero-order chi connectivity index (χ0) is 31.9. The summed E-state index contributed by atoms with van der Waals surface area (Å²) >= 11 is 13.0. The Hall–Kier alpha value is -5.68. The summed E-state index contributed by atoms with van der Waals surface area (Å²) < 4.78 is 4.70. The number of rotatable bonds is 3. The summed E-state index contributed by atoms with van der Waals surface area (Å²) in [5.74, 6) is 1.35. The number of pyridine rings is 1. The molecule has 10 aromatic rings. The van der Waals surface area contributed by atoms with E-state index >= 15 is 0 Å². The zero-order valence-corrected chi connectivity index (χ0v) is 26.9. The molecule has 0 saturated carbocycles. The fourth-order valence-corrected chi connectivity index (χ4v) is 7.76. The predicted molar refractivity (Wildman–Crippen MR) is 201 cm³/mol. The Morgan fingerprint density at radius 2 is 1.02 bits per heavy atom. The molecule has 0 aliphatic carbocycles. The van der Waals surface area contributed by atoms with Gasteiger partial charge < -0.3 is 4.40 Å². The Morgan fingerprint density at radius 3 is 1.77 bits per heavy atom. The van der Waals surface area contributed by atoms with Crippen LogP contribution in [0.2, 0.25) is 10.0 Å². The van der Waals surface area contributed by atoms with Crippen molar-refractivity contribution in [3.05, 3.63) is 156 Å². The van der Waals surface area contributed by atoms with E-state index in [1.54, 1.807) is 0 Å². The molecule has 0 aliphatic heterocycles. The van der Waals surface area contributed by atoms with Crippen LogP contribution in [0.1, 0.15) is 0 Å². The van der Waals surface area contributed by atoms with Crippen LogP contribution in [0.5, 0.6) is 0 Å². The molecule has 6 heteroatoms. The van der Waals surface area contributed by atoms with Gasteiger partial charge in [0.15, 0.2) is 5.82 Å². The maximum atomic E-state index is 6.49. The lowest BCUT2D eigenvalue weighted by Crippen LogP contribution is -2.02. The van der Waals surface area contributed by atoms with Crippen molar-refractivity contribution in [2.75, 3.05) is 0 Å². The summed E-state index contributed by atoms with van der Waals surface area (Å²) in [5, 5.41) is 8.44. The first-order chi connectivity index (χ1) is 23.6. The Bertz CT molecular complexity index is 2870. The van der Waals surface area contributed by atoms with Crippen LogP contribution in [-0.4, -0.2) is 18.9 Å². The lowest BCUT2D eigenvalue weighted by Gasteiger charge is -2.13. The van der Waals surface area contributed by atoms with E-state index < -0.39 is 0 Å².